The average Bonchev–Trinajstić information content (AvgIpc) is 3.19. The van der Waals surface area contributed by atoms with Gasteiger partial charge in [-0.15, -0.1) is 0 Å². The number of aliphatic hydroxyl groups excluding tert-OH is 2. The van der Waals surface area contributed by atoms with Gasteiger partial charge in [0.05, 0.1) is 35.6 Å². The molecule has 2 aliphatic heterocycles. The van der Waals surface area contributed by atoms with Crippen molar-refractivity contribution in [3.05, 3.63) is 74.6 Å². The van der Waals surface area contributed by atoms with E-state index < -0.39 is 12.1 Å². The molecule has 7 nitrogen and oxygen atoms in total. The molecule has 6 rings (SSSR count). The first-order valence-corrected chi connectivity index (χ1v) is 11.5. The minimum absolute atomic E-state index is 0.0419. The third kappa shape index (κ3) is 2.94. The van der Waals surface area contributed by atoms with Crippen molar-refractivity contribution in [2.45, 2.75) is 46.1 Å². The van der Waals surface area contributed by atoms with Gasteiger partial charge in [0.1, 0.15) is 6.61 Å². The Labute approximate surface area is 195 Å². The number of aromatic nitrogens is 2. The lowest BCUT2D eigenvalue weighted by molar-refractivity contribution is -0.157. The fraction of sp³-hybridized carbons (Fsp3) is 0.296. The summed E-state index contributed by atoms with van der Waals surface area (Å²) in [5.41, 5.74) is 5.47. The molecule has 2 aliphatic rings. The van der Waals surface area contributed by atoms with Crippen LogP contribution >= 0.6 is 0 Å². The predicted molar refractivity (Wildman–Crippen MR) is 127 cm³/mol. The summed E-state index contributed by atoms with van der Waals surface area (Å²) >= 11 is 0. The zero-order valence-corrected chi connectivity index (χ0v) is 19.0. The Bertz CT molecular complexity index is 1580. The molecule has 2 aromatic carbocycles. The van der Waals surface area contributed by atoms with Crippen LogP contribution in [0.5, 0.6) is 0 Å². The van der Waals surface area contributed by atoms with Gasteiger partial charge < -0.3 is 19.5 Å². The quantitative estimate of drug-likeness (QED) is 0.319. The number of pyridine rings is 2. The van der Waals surface area contributed by atoms with Crippen LogP contribution in [0.25, 0.3) is 33.1 Å². The molecule has 0 aliphatic carbocycles. The Balaban J connectivity index is 1.68. The number of esters is 1. The molecule has 4 heterocycles. The minimum atomic E-state index is -1.47. The Morgan fingerprint density at radius 2 is 1.94 bits per heavy atom. The van der Waals surface area contributed by atoms with Crippen LogP contribution in [0.15, 0.2) is 41.2 Å². The highest BCUT2D eigenvalue weighted by Gasteiger charge is 2.34. The second-order valence-corrected chi connectivity index (χ2v) is 9.55. The molecule has 2 aromatic heterocycles. The number of benzene rings is 2. The molecule has 2 N–H and O–H groups in total. The van der Waals surface area contributed by atoms with Gasteiger partial charge >= 0.3 is 5.97 Å². The first kappa shape index (κ1) is 21.0. The van der Waals surface area contributed by atoms with Gasteiger partial charge in [0.15, 0.2) is 6.10 Å². The molecule has 0 saturated carbocycles. The van der Waals surface area contributed by atoms with Crippen LogP contribution in [0, 0.1) is 5.92 Å². The van der Waals surface area contributed by atoms with E-state index in [-0.39, 0.29) is 18.8 Å². The molecule has 1 atom stereocenters. The minimum Gasteiger partial charge on any atom is -0.458 e. The second-order valence-electron chi connectivity index (χ2n) is 9.55. The molecule has 0 saturated heterocycles. The van der Waals surface area contributed by atoms with Crippen molar-refractivity contribution in [2.24, 2.45) is 5.92 Å². The van der Waals surface area contributed by atoms with Crippen molar-refractivity contribution in [2.75, 3.05) is 0 Å². The molecular weight excluding hydrogens is 432 g/mol. The monoisotopic (exact) mass is 456 g/mol. The first-order chi connectivity index (χ1) is 16.4. The summed E-state index contributed by atoms with van der Waals surface area (Å²) in [6, 6.07) is 11.7. The number of fused-ring (bicyclic) bond motifs is 7. The fourth-order valence-electron chi connectivity index (χ4n) is 5.32. The number of carbonyl (C=O) groups is 1. The van der Waals surface area contributed by atoms with Gasteiger partial charge in [-0.1, -0.05) is 32.0 Å². The SMILES string of the molecule is CC(C)Cc1c2c(nc3ccc4ccc(CO)cc4c13)-c1cc3c(c(=O)n1C2)COC(=O)C3O. The predicted octanol–water partition coefficient (Wildman–Crippen LogP) is 3.36. The normalized spacial score (nSPS) is 16.6. The van der Waals surface area contributed by atoms with Crippen LogP contribution in [0.1, 0.15) is 47.8 Å². The Kier molecular flexibility index (Phi) is 4.62. The Hall–Kier alpha value is -3.55. The van der Waals surface area contributed by atoms with Crippen LogP contribution < -0.4 is 5.56 Å². The number of nitrogens with zero attached hydrogens (tertiary/aromatic N) is 2. The number of aliphatic hydroxyl groups is 2. The maximum Gasteiger partial charge on any atom is 0.340 e. The van der Waals surface area contributed by atoms with Crippen LogP contribution in [0.4, 0.5) is 0 Å². The summed E-state index contributed by atoms with van der Waals surface area (Å²) in [6.07, 6.45) is -0.668. The smallest absolute Gasteiger partial charge is 0.340 e. The maximum absolute atomic E-state index is 13.4. The van der Waals surface area contributed by atoms with Gasteiger partial charge in [-0.25, -0.2) is 9.78 Å². The maximum atomic E-state index is 13.4. The van der Waals surface area contributed by atoms with E-state index in [1.54, 1.807) is 10.6 Å². The number of carbonyl (C=O) groups excluding carboxylic acids is 1. The van der Waals surface area contributed by atoms with E-state index in [2.05, 4.69) is 13.8 Å². The fourth-order valence-corrected chi connectivity index (χ4v) is 5.32. The molecule has 172 valence electrons. The molecular formula is C27H24N2O5. The summed E-state index contributed by atoms with van der Waals surface area (Å²) in [5, 5.41) is 23.3. The van der Waals surface area contributed by atoms with E-state index in [4.69, 9.17) is 9.72 Å². The topological polar surface area (TPSA) is 102 Å². The van der Waals surface area contributed by atoms with Crippen molar-refractivity contribution in [3.63, 3.8) is 0 Å². The van der Waals surface area contributed by atoms with E-state index >= 15 is 0 Å². The summed E-state index contributed by atoms with van der Waals surface area (Å²) < 4.78 is 6.68. The van der Waals surface area contributed by atoms with E-state index in [0.717, 1.165) is 44.8 Å². The number of hydrogen-bond acceptors (Lipinski definition) is 6. The van der Waals surface area contributed by atoms with E-state index in [0.29, 0.717) is 35.0 Å². The number of cyclic esters (lactones) is 1. The molecule has 0 amide bonds. The van der Waals surface area contributed by atoms with Crippen molar-refractivity contribution in [1.29, 1.82) is 0 Å². The molecule has 0 spiro atoms. The lowest BCUT2D eigenvalue weighted by atomic mass is 9.90. The summed E-state index contributed by atoms with van der Waals surface area (Å²) in [7, 11) is 0. The van der Waals surface area contributed by atoms with Crippen molar-refractivity contribution in [3.8, 4) is 11.4 Å². The van der Waals surface area contributed by atoms with Gasteiger partial charge in [0.2, 0.25) is 0 Å². The highest BCUT2D eigenvalue weighted by atomic mass is 16.5. The molecule has 0 radical (unpaired) electrons. The molecule has 0 bridgehead atoms. The molecule has 34 heavy (non-hydrogen) atoms. The zero-order chi connectivity index (χ0) is 23.7. The summed E-state index contributed by atoms with van der Waals surface area (Å²) in [5.74, 6) is -0.374. The molecule has 7 heteroatoms. The third-order valence-corrected chi connectivity index (χ3v) is 6.91. The summed E-state index contributed by atoms with van der Waals surface area (Å²) in [6.45, 7) is 4.52. The first-order valence-electron chi connectivity index (χ1n) is 11.5. The van der Waals surface area contributed by atoms with Gasteiger partial charge in [-0.05, 0) is 52.4 Å². The number of hydrogen-bond donors (Lipinski definition) is 2. The van der Waals surface area contributed by atoms with Crippen LogP contribution in [-0.4, -0.2) is 25.7 Å². The number of ether oxygens (including phenoxy) is 1. The molecule has 0 fully saturated rings. The van der Waals surface area contributed by atoms with Gasteiger partial charge in [-0.2, -0.15) is 0 Å². The van der Waals surface area contributed by atoms with E-state index in [1.807, 2.05) is 30.3 Å². The van der Waals surface area contributed by atoms with E-state index in [1.165, 1.54) is 0 Å². The zero-order valence-electron chi connectivity index (χ0n) is 19.0. The van der Waals surface area contributed by atoms with Crippen molar-refractivity contribution < 1.29 is 19.7 Å². The van der Waals surface area contributed by atoms with Crippen LogP contribution in [-0.2, 0) is 35.7 Å². The second kappa shape index (κ2) is 7.48. The Morgan fingerprint density at radius 3 is 2.71 bits per heavy atom. The standard InChI is InChI=1S/C27H24N2O5/c1-13(2)7-17-19-10-29-22(9-18-20(26(29)32)12-34-27(33)25(18)31)24(19)28-21-6-5-15-4-3-14(11-30)8-16(15)23(17)21/h3-6,8-9,13,25,30-31H,7,10-12H2,1-2H3. The largest absolute Gasteiger partial charge is 0.458 e. The summed E-state index contributed by atoms with van der Waals surface area (Å²) in [4.78, 5) is 30.3. The van der Waals surface area contributed by atoms with Gasteiger partial charge in [0, 0.05) is 16.5 Å². The molecule has 4 aromatic rings. The average molecular weight is 456 g/mol. The van der Waals surface area contributed by atoms with Crippen molar-refractivity contribution >= 4 is 27.6 Å². The van der Waals surface area contributed by atoms with Gasteiger partial charge in [0.25, 0.3) is 5.56 Å². The lowest BCUT2D eigenvalue weighted by Gasteiger charge is -2.21. The number of rotatable bonds is 3. The van der Waals surface area contributed by atoms with Crippen molar-refractivity contribution in [1.82, 2.24) is 9.55 Å². The highest BCUT2D eigenvalue weighted by molar-refractivity contribution is 6.09. The lowest BCUT2D eigenvalue weighted by Crippen LogP contribution is -2.32. The Morgan fingerprint density at radius 1 is 1.15 bits per heavy atom. The highest BCUT2D eigenvalue weighted by Crippen LogP contribution is 2.40. The molecule has 1 unspecified atom stereocenters. The van der Waals surface area contributed by atoms with E-state index in [9.17, 15) is 19.8 Å². The van der Waals surface area contributed by atoms with Crippen LogP contribution in [0.2, 0.25) is 0 Å². The third-order valence-electron chi connectivity index (χ3n) is 6.91. The van der Waals surface area contributed by atoms with Crippen LogP contribution in [0.3, 0.4) is 0 Å². The van der Waals surface area contributed by atoms with Gasteiger partial charge in [-0.3, -0.25) is 4.79 Å².